The van der Waals surface area contributed by atoms with E-state index in [0.29, 0.717) is 6.42 Å². The Bertz CT molecular complexity index is 179. The minimum absolute atomic E-state index is 0.0937. The lowest BCUT2D eigenvalue weighted by molar-refractivity contribution is -0.113. The van der Waals surface area contributed by atoms with Gasteiger partial charge in [0.15, 0.2) is 5.78 Å². The molecule has 10 heavy (non-hydrogen) atoms. The topological polar surface area (TPSA) is 17.1 Å². The lowest BCUT2D eigenvalue weighted by atomic mass is 10.2. The van der Waals surface area contributed by atoms with Gasteiger partial charge >= 0.3 is 0 Å². The molecule has 0 aromatic rings. The number of hydrogen-bond donors (Lipinski definition) is 0. The molecule has 0 saturated carbocycles. The van der Waals surface area contributed by atoms with Gasteiger partial charge in [0, 0.05) is 0 Å². The number of carbonyl (C=O) groups excluding carboxylic acids is 1. The van der Waals surface area contributed by atoms with Crippen LogP contribution in [0.4, 0.5) is 0 Å². The molecule has 54 valence electrons. The van der Waals surface area contributed by atoms with Crippen molar-refractivity contribution in [3.05, 3.63) is 12.2 Å². The zero-order chi connectivity index (χ0) is 7.82. The van der Waals surface area contributed by atoms with E-state index in [0.717, 1.165) is 6.42 Å². The fourth-order valence-corrected chi connectivity index (χ4v) is 0.484. The predicted octanol–water partition coefficient (Wildman–Crippen LogP) is 1.94. The maximum atomic E-state index is 10.8. The van der Waals surface area contributed by atoms with Gasteiger partial charge in [0.05, 0.1) is 6.42 Å². The van der Waals surface area contributed by atoms with Crippen LogP contribution < -0.4 is 0 Å². The molecule has 0 saturated heterocycles. The molecule has 0 aliphatic heterocycles. The van der Waals surface area contributed by atoms with E-state index in [-0.39, 0.29) is 5.78 Å². The molecule has 0 atom stereocenters. The summed E-state index contributed by atoms with van der Waals surface area (Å²) in [6.07, 6.45) is 4.70. The van der Waals surface area contributed by atoms with E-state index in [2.05, 4.69) is 11.8 Å². The monoisotopic (exact) mass is 136 g/mol. The Hall–Kier alpha value is -1.03. The molecular weight excluding hydrogens is 124 g/mol. The molecule has 0 aliphatic rings. The van der Waals surface area contributed by atoms with Crippen molar-refractivity contribution in [3.63, 3.8) is 0 Å². The molecule has 0 spiro atoms. The molecule has 0 bridgehead atoms. The number of hydrogen-bond acceptors (Lipinski definition) is 1. The fourth-order valence-electron chi connectivity index (χ4n) is 0.484. The molecule has 0 aromatic heterocycles. The molecule has 0 heterocycles. The second kappa shape index (κ2) is 6.10. The molecular formula is C9H12O. The van der Waals surface area contributed by atoms with Crippen LogP contribution >= 0.6 is 0 Å². The van der Waals surface area contributed by atoms with Crippen LogP contribution in [0.25, 0.3) is 0 Å². The van der Waals surface area contributed by atoms with E-state index in [1.54, 1.807) is 13.0 Å². The Labute approximate surface area is 62.1 Å². The molecule has 0 amide bonds. The Morgan fingerprint density at radius 1 is 1.60 bits per heavy atom. The van der Waals surface area contributed by atoms with Crippen molar-refractivity contribution in [3.8, 4) is 11.8 Å². The summed E-state index contributed by atoms with van der Waals surface area (Å²) < 4.78 is 0. The standard InChI is InChI=1S/C9H12O/c1-3-5-7-9(10)8-6-4-2/h5,7H,3,8H2,1-2H3/b7-5+. The van der Waals surface area contributed by atoms with Crippen LogP contribution in [-0.2, 0) is 4.79 Å². The zero-order valence-corrected chi connectivity index (χ0v) is 6.48. The molecule has 0 rings (SSSR count). The van der Waals surface area contributed by atoms with Gasteiger partial charge < -0.3 is 0 Å². The van der Waals surface area contributed by atoms with E-state index in [1.807, 2.05) is 13.0 Å². The first kappa shape index (κ1) is 8.97. The van der Waals surface area contributed by atoms with Crippen molar-refractivity contribution in [1.29, 1.82) is 0 Å². The maximum absolute atomic E-state index is 10.8. The van der Waals surface area contributed by atoms with Crippen molar-refractivity contribution in [2.24, 2.45) is 0 Å². The van der Waals surface area contributed by atoms with E-state index in [4.69, 9.17) is 0 Å². The van der Waals surface area contributed by atoms with Gasteiger partial charge in [0.1, 0.15) is 0 Å². The van der Waals surface area contributed by atoms with Crippen LogP contribution in [0.2, 0.25) is 0 Å². The van der Waals surface area contributed by atoms with E-state index < -0.39 is 0 Å². The highest BCUT2D eigenvalue weighted by atomic mass is 16.1. The van der Waals surface area contributed by atoms with Crippen LogP contribution in [-0.4, -0.2) is 5.78 Å². The van der Waals surface area contributed by atoms with Crippen molar-refractivity contribution >= 4 is 5.78 Å². The third-order valence-corrected chi connectivity index (χ3v) is 0.979. The van der Waals surface area contributed by atoms with Gasteiger partial charge in [-0.1, -0.05) is 18.9 Å². The third kappa shape index (κ3) is 5.11. The molecule has 0 radical (unpaired) electrons. The number of ketones is 1. The highest BCUT2D eigenvalue weighted by molar-refractivity contribution is 5.91. The zero-order valence-electron chi connectivity index (χ0n) is 6.48. The molecule has 0 fully saturated rings. The van der Waals surface area contributed by atoms with Crippen molar-refractivity contribution < 1.29 is 4.79 Å². The van der Waals surface area contributed by atoms with Crippen LogP contribution in [0.3, 0.4) is 0 Å². The first-order valence-corrected chi connectivity index (χ1v) is 3.40. The largest absolute Gasteiger partial charge is 0.294 e. The maximum Gasteiger partial charge on any atom is 0.167 e. The Balaban J connectivity index is 3.60. The molecule has 0 aromatic carbocycles. The van der Waals surface area contributed by atoms with Crippen LogP contribution in [0.15, 0.2) is 12.2 Å². The summed E-state index contributed by atoms with van der Waals surface area (Å²) in [5, 5.41) is 0. The normalized spacial score (nSPS) is 9.00. The van der Waals surface area contributed by atoms with Gasteiger partial charge in [-0.3, -0.25) is 4.79 Å². The number of rotatable bonds is 3. The Morgan fingerprint density at radius 3 is 2.80 bits per heavy atom. The summed E-state index contributed by atoms with van der Waals surface area (Å²) in [6.45, 7) is 3.73. The summed E-state index contributed by atoms with van der Waals surface area (Å²) in [5.74, 6) is 5.47. The fraction of sp³-hybridized carbons (Fsp3) is 0.444. The van der Waals surface area contributed by atoms with E-state index in [9.17, 15) is 4.79 Å². The van der Waals surface area contributed by atoms with E-state index in [1.165, 1.54) is 0 Å². The third-order valence-electron chi connectivity index (χ3n) is 0.979. The summed E-state index contributed by atoms with van der Waals surface area (Å²) in [4.78, 5) is 10.8. The summed E-state index contributed by atoms with van der Waals surface area (Å²) in [7, 11) is 0. The lowest BCUT2D eigenvalue weighted by Gasteiger charge is -1.81. The highest BCUT2D eigenvalue weighted by Gasteiger charge is 1.88. The molecule has 0 N–H and O–H groups in total. The van der Waals surface area contributed by atoms with Crippen molar-refractivity contribution in [2.75, 3.05) is 0 Å². The summed E-state index contributed by atoms with van der Waals surface area (Å²) in [5.41, 5.74) is 0. The van der Waals surface area contributed by atoms with Crippen LogP contribution in [0.1, 0.15) is 26.7 Å². The predicted molar refractivity (Wildman–Crippen MR) is 42.5 cm³/mol. The molecule has 0 unspecified atom stereocenters. The first-order valence-electron chi connectivity index (χ1n) is 3.40. The Morgan fingerprint density at radius 2 is 2.30 bits per heavy atom. The van der Waals surface area contributed by atoms with Crippen molar-refractivity contribution in [1.82, 2.24) is 0 Å². The molecule has 1 heteroatoms. The molecule has 1 nitrogen and oxygen atoms in total. The van der Waals surface area contributed by atoms with E-state index >= 15 is 0 Å². The molecule has 0 aliphatic carbocycles. The summed E-state index contributed by atoms with van der Waals surface area (Å²) >= 11 is 0. The minimum atomic E-state index is 0.0937. The van der Waals surface area contributed by atoms with Gasteiger partial charge in [-0.2, -0.15) is 0 Å². The SMILES string of the molecule is CC#CCC(=O)/C=C/CC. The quantitative estimate of drug-likeness (QED) is 0.428. The van der Waals surface area contributed by atoms with Gasteiger partial charge in [-0.25, -0.2) is 0 Å². The smallest absolute Gasteiger partial charge is 0.167 e. The van der Waals surface area contributed by atoms with Gasteiger partial charge in [-0.05, 0) is 19.4 Å². The van der Waals surface area contributed by atoms with Gasteiger partial charge in [0.2, 0.25) is 0 Å². The van der Waals surface area contributed by atoms with Gasteiger partial charge in [0.25, 0.3) is 0 Å². The minimum Gasteiger partial charge on any atom is -0.294 e. The number of allylic oxidation sites excluding steroid dienone is 2. The van der Waals surface area contributed by atoms with Crippen molar-refractivity contribution in [2.45, 2.75) is 26.7 Å². The van der Waals surface area contributed by atoms with Crippen LogP contribution in [0, 0.1) is 11.8 Å². The Kier molecular flexibility index (Phi) is 5.47. The second-order valence-corrected chi connectivity index (χ2v) is 1.88. The average molecular weight is 136 g/mol. The average Bonchev–Trinajstić information content (AvgIpc) is 1.97. The highest BCUT2D eigenvalue weighted by Crippen LogP contribution is 1.85. The first-order chi connectivity index (χ1) is 4.81. The lowest BCUT2D eigenvalue weighted by Crippen LogP contribution is -1.88. The number of carbonyl (C=O) groups is 1. The summed E-state index contributed by atoms with van der Waals surface area (Å²) in [6, 6.07) is 0. The van der Waals surface area contributed by atoms with Gasteiger partial charge in [-0.15, -0.1) is 5.92 Å². The second-order valence-electron chi connectivity index (χ2n) is 1.88. The van der Waals surface area contributed by atoms with Crippen LogP contribution in [0.5, 0.6) is 0 Å².